The number of hydrogen-bond donors (Lipinski definition) is 3. The van der Waals surface area contributed by atoms with E-state index in [9.17, 15) is 10.2 Å². The predicted octanol–water partition coefficient (Wildman–Crippen LogP) is 0.393. The highest BCUT2D eigenvalue weighted by Crippen LogP contribution is 2.28. The highest BCUT2D eigenvalue weighted by atomic mass is 16.5. The summed E-state index contributed by atoms with van der Waals surface area (Å²) in [6.07, 6.45) is -3.35. The summed E-state index contributed by atoms with van der Waals surface area (Å²) in [4.78, 5) is 0. The zero-order chi connectivity index (χ0) is 17.7. The fourth-order valence-electron chi connectivity index (χ4n) is 0.647. The second kappa shape index (κ2) is 4.11. The number of nitrogens with two attached hydrogens (primary N) is 1. The summed E-state index contributed by atoms with van der Waals surface area (Å²) in [5.74, 6) is -2.23. The van der Waals surface area contributed by atoms with Gasteiger partial charge < -0.3 is 20.7 Å². The number of methoxy groups -OCH3 is 1. The second-order valence-corrected chi connectivity index (χ2v) is 2.02. The molecule has 1 aromatic rings. The van der Waals surface area contributed by atoms with Gasteiger partial charge in [0, 0.05) is 9.24 Å². The molecule has 0 heterocycles. The number of phenolic OH excluding ortho intramolecular Hbond substituents is 1. The Bertz CT molecular complexity index is 594. The maximum atomic E-state index is 9.89. The maximum absolute atomic E-state index is 9.89. The molecular formula is C9H13NO3. The molecule has 4 nitrogen and oxygen atoms in total. The number of aliphatic hydroxyl groups is 1. The first-order valence-electron chi connectivity index (χ1n) is 7.64. The van der Waals surface area contributed by atoms with Gasteiger partial charge in [-0.2, -0.15) is 0 Å². The number of aromatic hydroxyl groups is 1. The Kier molecular flexibility index (Phi) is 0.996. The fourth-order valence-corrected chi connectivity index (χ4v) is 0.647. The summed E-state index contributed by atoms with van der Waals surface area (Å²) in [5.41, 5.74) is 3.91. The summed E-state index contributed by atoms with van der Waals surface area (Å²) in [7, 11) is -3.12. The van der Waals surface area contributed by atoms with Gasteiger partial charge in [-0.25, -0.2) is 0 Å². The molecule has 0 aliphatic rings. The molecule has 0 saturated heterocycles. The SMILES string of the molecule is [2H]c1c([2H])c([13C]([2H])(O)C([2H])([2H])N)c([2H])c(O[13C]([2H])([2H])[2H])c1O. The molecule has 1 atom stereocenters. The van der Waals surface area contributed by atoms with Crippen LogP contribution in [0.1, 0.15) is 24.0 Å². The van der Waals surface area contributed by atoms with Crippen molar-refractivity contribution in [2.24, 2.45) is 5.73 Å². The highest BCUT2D eigenvalue weighted by molar-refractivity contribution is 5.42. The molecule has 0 aliphatic heterocycles. The molecule has 4 N–H and O–H groups in total. The minimum atomic E-state index is -3.35. The molecule has 0 fully saturated rings. The van der Waals surface area contributed by atoms with Crippen molar-refractivity contribution in [2.45, 2.75) is 6.08 Å². The average molecular weight is 194 g/mol. The lowest BCUT2D eigenvalue weighted by molar-refractivity contribution is 0.186. The van der Waals surface area contributed by atoms with Crippen LogP contribution in [0.5, 0.6) is 11.5 Å². The number of phenols is 1. The smallest absolute Gasteiger partial charge is 0.160 e. The largest absolute Gasteiger partial charge is 0.504 e. The zero-order valence-electron chi connectivity index (χ0n) is 15.4. The standard InChI is InChI=1S/C9H13NO3/c1-13-9-4-6(8(12)5-10)2-3-7(9)11/h2-4,8,11-12H,5,10H2,1H3/i1+1D3,2D,3D,4D,5D2,8+1D. The normalized spacial score (nSPS) is 27.1. The average Bonchev–Trinajstić information content (AvgIpc) is 2.29. The molecule has 0 amide bonds. The Labute approximate surface area is 89.2 Å². The number of hydrogen-bond acceptors (Lipinski definition) is 4. The van der Waals surface area contributed by atoms with Crippen LogP contribution in [-0.2, 0) is 0 Å². The van der Waals surface area contributed by atoms with Crippen molar-refractivity contribution in [3.8, 4) is 11.5 Å². The minimum absolute atomic E-state index is 1.04. The first-order valence-corrected chi connectivity index (χ1v) is 3.14. The summed E-state index contributed by atoms with van der Waals surface area (Å²) in [6.45, 7) is -3.14. The van der Waals surface area contributed by atoms with Crippen LogP contribution in [0.3, 0.4) is 0 Å². The molecule has 4 heteroatoms. The van der Waals surface area contributed by atoms with Crippen molar-refractivity contribution in [2.75, 3.05) is 13.5 Å². The van der Waals surface area contributed by atoms with Crippen LogP contribution in [0.15, 0.2) is 18.1 Å². The van der Waals surface area contributed by atoms with Crippen LogP contribution in [-0.4, -0.2) is 23.7 Å². The van der Waals surface area contributed by atoms with E-state index in [0.29, 0.717) is 0 Å². The van der Waals surface area contributed by atoms with Gasteiger partial charge in [0.2, 0.25) is 0 Å². The van der Waals surface area contributed by atoms with Crippen LogP contribution in [0.25, 0.3) is 0 Å². The predicted molar refractivity (Wildman–Crippen MR) is 48.7 cm³/mol. The maximum Gasteiger partial charge on any atom is 0.160 e. The monoisotopic (exact) mass is 194 g/mol. The Morgan fingerprint density at radius 3 is 3.31 bits per heavy atom. The van der Waals surface area contributed by atoms with Gasteiger partial charge in [-0.1, -0.05) is 6.04 Å². The topological polar surface area (TPSA) is 75.7 Å². The first-order chi connectivity index (χ1) is 9.61. The van der Waals surface area contributed by atoms with E-state index < -0.39 is 54.8 Å². The van der Waals surface area contributed by atoms with E-state index in [0.717, 1.165) is 0 Å². The van der Waals surface area contributed by atoms with Crippen molar-refractivity contribution < 1.29 is 27.3 Å². The minimum Gasteiger partial charge on any atom is -0.504 e. The number of rotatable bonds is 3. The lowest BCUT2D eigenvalue weighted by Crippen LogP contribution is -2.11. The Balaban J connectivity index is 3.75. The summed E-state index contributed by atoms with van der Waals surface area (Å²) >= 11 is 0. The van der Waals surface area contributed by atoms with Crippen LogP contribution < -0.4 is 10.5 Å². The molecule has 0 aliphatic carbocycles. The van der Waals surface area contributed by atoms with E-state index in [2.05, 4.69) is 4.74 Å². The Morgan fingerprint density at radius 2 is 2.69 bits per heavy atom. The molecule has 0 radical (unpaired) electrons. The molecule has 0 saturated carbocycles. The van der Waals surface area contributed by atoms with Crippen molar-refractivity contribution >= 4 is 0 Å². The third-order valence-corrected chi connectivity index (χ3v) is 1.24. The van der Waals surface area contributed by atoms with Crippen LogP contribution in [0.4, 0.5) is 0 Å². The van der Waals surface area contributed by atoms with Gasteiger partial charge in [0.25, 0.3) is 0 Å². The number of ether oxygens (including phenoxy) is 1. The van der Waals surface area contributed by atoms with Crippen LogP contribution >= 0.6 is 0 Å². The van der Waals surface area contributed by atoms with Crippen molar-refractivity contribution in [1.82, 2.24) is 0 Å². The third kappa shape index (κ3) is 2.11. The molecule has 1 unspecified atom stereocenters. The van der Waals surface area contributed by atoms with E-state index in [4.69, 9.17) is 18.1 Å². The van der Waals surface area contributed by atoms with E-state index >= 15 is 0 Å². The van der Waals surface area contributed by atoms with E-state index in [1.165, 1.54) is 0 Å². The van der Waals surface area contributed by atoms with Crippen molar-refractivity contribution in [3.63, 3.8) is 0 Å². The van der Waals surface area contributed by atoms with Gasteiger partial charge in [0.15, 0.2) is 11.5 Å². The second-order valence-electron chi connectivity index (χ2n) is 2.02. The molecular weight excluding hydrogens is 172 g/mol. The molecule has 1 rings (SSSR count). The van der Waals surface area contributed by atoms with Gasteiger partial charge >= 0.3 is 0 Å². The molecule has 0 aromatic heterocycles. The molecule has 0 bridgehead atoms. The molecule has 0 spiro atoms. The highest BCUT2D eigenvalue weighted by Gasteiger charge is 2.08. The van der Waals surface area contributed by atoms with Crippen LogP contribution in [0, 0.1) is 0 Å². The zero-order valence-corrected chi connectivity index (χ0v) is 6.38. The van der Waals surface area contributed by atoms with E-state index in [-0.39, 0.29) is 0 Å². The van der Waals surface area contributed by atoms with E-state index in [1.807, 2.05) is 0 Å². The quantitative estimate of drug-likeness (QED) is 0.608. The van der Waals surface area contributed by atoms with Gasteiger partial charge in [-0.15, -0.1) is 0 Å². The summed E-state index contributed by atoms with van der Waals surface area (Å²) in [5, 5.41) is 19.5. The van der Waals surface area contributed by atoms with Gasteiger partial charge in [-0.3, -0.25) is 0 Å². The van der Waals surface area contributed by atoms with Crippen LogP contribution in [0.2, 0.25) is 0 Å². The van der Waals surface area contributed by atoms with Crippen molar-refractivity contribution in [1.29, 1.82) is 0 Å². The van der Waals surface area contributed by atoms with Gasteiger partial charge in [-0.05, 0) is 17.6 Å². The Morgan fingerprint density at radius 1 is 1.92 bits per heavy atom. The lowest BCUT2D eigenvalue weighted by atomic mass is 10.2. The van der Waals surface area contributed by atoms with Gasteiger partial charge in [0.1, 0.15) is 0 Å². The fraction of sp³-hybridized carbons (Fsp3) is 0.333. The number of benzene rings is 1. The summed E-state index contributed by atoms with van der Waals surface area (Å²) < 4.78 is 69.9. The Hall–Kier alpha value is -1.26. The van der Waals surface area contributed by atoms with E-state index in [1.54, 1.807) is 0 Å². The first kappa shape index (κ1) is 3.15. The third-order valence-electron chi connectivity index (χ3n) is 1.24. The summed E-state index contributed by atoms with van der Waals surface area (Å²) in [6, 6.07) is -3.21. The molecule has 13 heavy (non-hydrogen) atoms. The van der Waals surface area contributed by atoms with Gasteiger partial charge in [0.05, 0.1) is 22.7 Å². The lowest BCUT2D eigenvalue weighted by Gasteiger charge is -2.10. The molecule has 72 valence electrons. The molecule has 1 aromatic carbocycles. The van der Waals surface area contributed by atoms with Crippen molar-refractivity contribution in [3.05, 3.63) is 23.7 Å².